The van der Waals surface area contributed by atoms with E-state index in [0.29, 0.717) is 17.4 Å². The Labute approximate surface area is 120 Å². The smallest absolute Gasteiger partial charge is 0.169 e. The van der Waals surface area contributed by atoms with Crippen LogP contribution in [0.5, 0.6) is 5.75 Å². The number of nitrogens with one attached hydrogen (secondary N) is 1. The van der Waals surface area contributed by atoms with Crippen LogP contribution in [0, 0.1) is 5.82 Å². The second-order valence-electron chi connectivity index (χ2n) is 5.27. The maximum Gasteiger partial charge on any atom is 0.169 e. The number of hydrogen-bond acceptors (Lipinski definition) is 3. The second-order valence-corrected chi connectivity index (χ2v) is 5.27. The Morgan fingerprint density at radius 1 is 1.45 bits per heavy atom. The summed E-state index contributed by atoms with van der Waals surface area (Å²) < 4.78 is 25.1. The van der Waals surface area contributed by atoms with E-state index in [4.69, 9.17) is 9.47 Å². The van der Waals surface area contributed by atoms with Gasteiger partial charge in [-0.3, -0.25) is 0 Å². The van der Waals surface area contributed by atoms with Gasteiger partial charge in [-0.25, -0.2) is 4.39 Å². The minimum atomic E-state index is -0.265. The first-order valence-electron chi connectivity index (χ1n) is 7.37. The highest BCUT2D eigenvalue weighted by Gasteiger charge is 2.20. The van der Waals surface area contributed by atoms with E-state index < -0.39 is 0 Å². The summed E-state index contributed by atoms with van der Waals surface area (Å²) in [6.07, 6.45) is 5.68. The molecule has 4 heteroatoms. The lowest BCUT2D eigenvalue weighted by Crippen LogP contribution is -2.23. The molecule has 3 nitrogen and oxygen atoms in total. The molecule has 1 N–H and O–H groups in total. The normalized spacial score (nSPS) is 20.6. The van der Waals surface area contributed by atoms with Crippen molar-refractivity contribution in [3.63, 3.8) is 0 Å². The Balaban J connectivity index is 2.00. The molecule has 2 atom stereocenters. The van der Waals surface area contributed by atoms with E-state index in [1.165, 1.54) is 13.5 Å². The van der Waals surface area contributed by atoms with Crippen LogP contribution in [0.3, 0.4) is 0 Å². The summed E-state index contributed by atoms with van der Waals surface area (Å²) in [6.45, 7) is 0.863. The minimum absolute atomic E-state index is 0.00405. The van der Waals surface area contributed by atoms with Crippen LogP contribution in [0.4, 0.5) is 4.39 Å². The van der Waals surface area contributed by atoms with Crippen LogP contribution >= 0.6 is 0 Å². The van der Waals surface area contributed by atoms with Crippen molar-refractivity contribution in [3.8, 4) is 5.75 Å². The molecular weight excluding hydrogens is 257 g/mol. The first-order valence-corrected chi connectivity index (χ1v) is 7.37. The zero-order chi connectivity index (χ0) is 14.4. The summed E-state index contributed by atoms with van der Waals surface area (Å²) in [6, 6.07) is 5.30. The van der Waals surface area contributed by atoms with Gasteiger partial charge in [0.2, 0.25) is 0 Å². The van der Waals surface area contributed by atoms with Crippen LogP contribution in [-0.2, 0) is 4.74 Å². The second kappa shape index (κ2) is 7.60. The molecule has 1 aromatic rings. The Bertz CT molecular complexity index is 419. The maximum absolute atomic E-state index is 14.3. The van der Waals surface area contributed by atoms with E-state index in [1.54, 1.807) is 6.07 Å². The van der Waals surface area contributed by atoms with Crippen LogP contribution in [-0.4, -0.2) is 26.9 Å². The third kappa shape index (κ3) is 3.70. The standard InChI is InChI=1S/C16H24FNO2/c1-18-14(10-9-12-6-3-4-11-20-12)13-7-5-8-15(19-2)16(13)17/h5,7-8,12,14,18H,3-4,6,9-11H2,1-2H3. The maximum atomic E-state index is 14.3. The summed E-state index contributed by atoms with van der Waals surface area (Å²) in [4.78, 5) is 0. The fraction of sp³-hybridized carbons (Fsp3) is 0.625. The lowest BCUT2D eigenvalue weighted by molar-refractivity contribution is 0.00860. The molecule has 0 amide bonds. The lowest BCUT2D eigenvalue weighted by Gasteiger charge is -2.25. The molecule has 1 aromatic carbocycles. The molecule has 20 heavy (non-hydrogen) atoms. The summed E-state index contributed by atoms with van der Waals surface area (Å²) in [5.74, 6) is 0.0376. The third-order valence-corrected chi connectivity index (χ3v) is 3.99. The highest BCUT2D eigenvalue weighted by atomic mass is 19.1. The van der Waals surface area contributed by atoms with Gasteiger partial charge in [-0.2, -0.15) is 0 Å². The fourth-order valence-electron chi connectivity index (χ4n) is 2.80. The van der Waals surface area contributed by atoms with Crippen molar-refractivity contribution in [2.24, 2.45) is 0 Å². The summed E-state index contributed by atoms with van der Waals surface area (Å²) >= 11 is 0. The molecule has 2 unspecified atom stereocenters. The number of benzene rings is 1. The molecule has 0 aliphatic carbocycles. The van der Waals surface area contributed by atoms with Crippen LogP contribution < -0.4 is 10.1 Å². The topological polar surface area (TPSA) is 30.5 Å². The van der Waals surface area contributed by atoms with Crippen molar-refractivity contribution in [1.29, 1.82) is 0 Å². The van der Waals surface area contributed by atoms with E-state index >= 15 is 0 Å². The van der Waals surface area contributed by atoms with Crippen LogP contribution in [0.15, 0.2) is 18.2 Å². The van der Waals surface area contributed by atoms with Gasteiger partial charge in [0, 0.05) is 18.2 Å². The van der Waals surface area contributed by atoms with E-state index in [-0.39, 0.29) is 11.9 Å². The van der Waals surface area contributed by atoms with Crippen LogP contribution in [0.25, 0.3) is 0 Å². The van der Waals surface area contributed by atoms with Gasteiger partial charge in [0.1, 0.15) is 0 Å². The molecule has 1 heterocycles. The molecule has 0 spiro atoms. The summed E-state index contributed by atoms with van der Waals surface area (Å²) in [5.41, 5.74) is 0.669. The molecular formula is C16H24FNO2. The van der Waals surface area contributed by atoms with Gasteiger partial charge >= 0.3 is 0 Å². The SMILES string of the molecule is CNC(CCC1CCCCO1)c1cccc(OC)c1F. The van der Waals surface area contributed by atoms with Gasteiger partial charge in [0.15, 0.2) is 11.6 Å². The van der Waals surface area contributed by atoms with Gasteiger partial charge in [0.05, 0.1) is 13.2 Å². The van der Waals surface area contributed by atoms with Gasteiger partial charge in [-0.05, 0) is 45.2 Å². The summed E-state index contributed by atoms with van der Waals surface area (Å²) in [5, 5.41) is 3.20. The van der Waals surface area contributed by atoms with Crippen molar-refractivity contribution in [2.75, 3.05) is 20.8 Å². The number of methoxy groups -OCH3 is 1. The van der Waals surface area contributed by atoms with Crippen molar-refractivity contribution >= 4 is 0 Å². The Kier molecular flexibility index (Phi) is 5.80. The molecule has 0 radical (unpaired) electrons. The zero-order valence-corrected chi connectivity index (χ0v) is 12.3. The van der Waals surface area contributed by atoms with Crippen molar-refractivity contribution in [2.45, 2.75) is 44.2 Å². The van der Waals surface area contributed by atoms with Gasteiger partial charge in [-0.1, -0.05) is 12.1 Å². The van der Waals surface area contributed by atoms with Crippen molar-refractivity contribution in [3.05, 3.63) is 29.6 Å². The van der Waals surface area contributed by atoms with E-state index in [0.717, 1.165) is 32.3 Å². The average molecular weight is 281 g/mol. The monoisotopic (exact) mass is 281 g/mol. The molecule has 1 aliphatic rings. The van der Waals surface area contributed by atoms with Crippen molar-refractivity contribution < 1.29 is 13.9 Å². The highest BCUT2D eigenvalue weighted by molar-refractivity contribution is 5.33. The molecule has 0 bridgehead atoms. The Morgan fingerprint density at radius 2 is 2.30 bits per heavy atom. The summed E-state index contributed by atoms with van der Waals surface area (Å²) in [7, 11) is 3.36. The predicted molar refractivity (Wildman–Crippen MR) is 77.6 cm³/mol. The van der Waals surface area contributed by atoms with Gasteiger partial charge in [0.25, 0.3) is 0 Å². The van der Waals surface area contributed by atoms with Gasteiger partial charge in [-0.15, -0.1) is 0 Å². The van der Waals surface area contributed by atoms with E-state index in [2.05, 4.69) is 5.32 Å². The third-order valence-electron chi connectivity index (χ3n) is 3.99. The Hall–Kier alpha value is -1.13. The first-order chi connectivity index (χ1) is 9.76. The van der Waals surface area contributed by atoms with E-state index in [9.17, 15) is 4.39 Å². The molecule has 1 aliphatic heterocycles. The number of ether oxygens (including phenoxy) is 2. The quantitative estimate of drug-likeness (QED) is 0.866. The average Bonchev–Trinajstić information content (AvgIpc) is 2.50. The lowest BCUT2D eigenvalue weighted by atomic mass is 9.97. The fourth-order valence-corrected chi connectivity index (χ4v) is 2.80. The molecule has 112 valence electrons. The molecule has 0 saturated carbocycles. The first kappa shape index (κ1) is 15.3. The number of hydrogen-bond donors (Lipinski definition) is 1. The highest BCUT2D eigenvalue weighted by Crippen LogP contribution is 2.29. The number of halogens is 1. The Morgan fingerprint density at radius 3 is 2.95 bits per heavy atom. The van der Waals surface area contributed by atoms with Gasteiger partial charge < -0.3 is 14.8 Å². The molecule has 2 rings (SSSR count). The van der Waals surface area contributed by atoms with Crippen molar-refractivity contribution in [1.82, 2.24) is 5.32 Å². The molecule has 0 aromatic heterocycles. The molecule has 1 saturated heterocycles. The zero-order valence-electron chi connectivity index (χ0n) is 12.3. The predicted octanol–water partition coefficient (Wildman–Crippen LogP) is 3.44. The van der Waals surface area contributed by atoms with Crippen LogP contribution in [0.2, 0.25) is 0 Å². The minimum Gasteiger partial charge on any atom is -0.494 e. The van der Waals surface area contributed by atoms with E-state index in [1.807, 2.05) is 19.2 Å². The van der Waals surface area contributed by atoms with Crippen LogP contribution in [0.1, 0.15) is 43.7 Å². The molecule has 1 fully saturated rings. The largest absolute Gasteiger partial charge is 0.494 e. The number of rotatable bonds is 6.